The van der Waals surface area contributed by atoms with Crippen LogP contribution in [0.4, 0.5) is 45.5 Å². The van der Waals surface area contributed by atoms with Crippen molar-refractivity contribution in [3.63, 3.8) is 0 Å². The molecule has 8 aliphatic heterocycles. The quantitative estimate of drug-likeness (QED) is 0.135. The molecule has 16 heteroatoms. The number of hydrogen-bond acceptors (Lipinski definition) is 16. The molecule has 9 atom stereocenters. The van der Waals surface area contributed by atoms with Gasteiger partial charge in [-0.15, -0.1) is 0 Å². The van der Waals surface area contributed by atoms with E-state index >= 15 is 0 Å². The van der Waals surface area contributed by atoms with Crippen molar-refractivity contribution < 1.29 is 15.1 Å². The van der Waals surface area contributed by atoms with E-state index in [4.69, 9.17) is 15.1 Å². The maximum atomic E-state index is 8.53. The summed E-state index contributed by atoms with van der Waals surface area (Å²) in [6.07, 6.45) is 33.1. The molecule has 8 heterocycles. The van der Waals surface area contributed by atoms with Gasteiger partial charge in [-0.3, -0.25) is 0 Å². The van der Waals surface area contributed by atoms with E-state index in [1.165, 1.54) is 80.0 Å². The Morgan fingerprint density at radius 3 is 0.826 bits per heavy atom. The molecular weight excluding hydrogens is 1140 g/mol. The summed E-state index contributed by atoms with van der Waals surface area (Å²) in [4.78, 5) is 33.8. The van der Waals surface area contributed by atoms with E-state index in [1.54, 1.807) is 49.5 Å². The normalized spacial score (nSPS) is 26.6. The number of rotatable bonds is 12. The van der Waals surface area contributed by atoms with Gasteiger partial charge in [0, 0.05) is 210 Å². The Balaban J connectivity index is 0.000000164. The second-order valence-corrected chi connectivity index (χ2v) is 25.5. The van der Waals surface area contributed by atoms with Gasteiger partial charge in [0.05, 0.1) is 2.74 Å². The Morgan fingerprint density at radius 1 is 0.326 bits per heavy atom. The molecule has 496 valence electrons. The molecule has 16 nitrogen and oxygen atoms in total. The first kappa shape index (κ1) is 54.2. The highest BCUT2D eigenvalue weighted by Crippen LogP contribution is 2.41. The van der Waals surface area contributed by atoms with Gasteiger partial charge < -0.3 is 78.4 Å². The number of nitrogens with zero attached hydrogens (tertiary/aromatic N) is 16. The third-order valence-corrected chi connectivity index (χ3v) is 20.0. The minimum atomic E-state index is -3.10. The zero-order valence-electron chi connectivity index (χ0n) is 69.7. The first-order valence-electron chi connectivity index (χ1n) is 38.2. The number of hydrogen-bond donors (Lipinski definition) is 0. The van der Waals surface area contributed by atoms with Crippen LogP contribution in [0.2, 0.25) is 0 Å². The molecule has 8 aliphatic rings. The molecule has 0 aromatic heterocycles. The van der Waals surface area contributed by atoms with Crippen LogP contribution in [0.25, 0.3) is 0 Å². The highest BCUT2D eigenvalue weighted by molar-refractivity contribution is 5.75. The van der Waals surface area contributed by atoms with E-state index in [0.717, 1.165) is 29.2 Å². The van der Waals surface area contributed by atoms with Gasteiger partial charge >= 0.3 is 0 Å². The fourth-order valence-electron chi connectivity index (χ4n) is 13.4. The van der Waals surface area contributed by atoms with Crippen molar-refractivity contribution in [2.45, 2.75) is 200 Å². The summed E-state index contributed by atoms with van der Waals surface area (Å²) in [5.74, 6) is 0. The van der Waals surface area contributed by atoms with Crippen LogP contribution in [0.3, 0.4) is 0 Å². The lowest BCUT2D eigenvalue weighted by atomic mass is 10.1. The van der Waals surface area contributed by atoms with Gasteiger partial charge in [0.25, 0.3) is 0 Å². The van der Waals surface area contributed by atoms with Crippen LogP contribution in [-0.4, -0.2) is 142 Å². The van der Waals surface area contributed by atoms with Gasteiger partial charge in [0.2, 0.25) is 0 Å². The molecule has 0 spiro atoms. The lowest BCUT2D eigenvalue weighted by molar-refractivity contribution is 0.263. The highest BCUT2D eigenvalue weighted by Gasteiger charge is 2.33. The van der Waals surface area contributed by atoms with E-state index in [-0.39, 0.29) is 0 Å². The van der Waals surface area contributed by atoms with Gasteiger partial charge in [-0.25, -0.2) is 0 Å². The minimum absolute atomic E-state index is 0.350. The summed E-state index contributed by atoms with van der Waals surface area (Å²) >= 11 is 0. The Bertz CT molecular complexity index is 3770. The average Bonchev–Trinajstić information content (AvgIpc) is 1.62. The van der Waals surface area contributed by atoms with Crippen molar-refractivity contribution in [3.05, 3.63) is 193 Å². The molecule has 0 amide bonds. The summed E-state index contributed by atoms with van der Waals surface area (Å²) in [6.45, 7) is 28.8. The summed E-state index contributed by atoms with van der Waals surface area (Å²) < 4.78 is 87.1. The molecule has 0 radical (unpaired) electrons. The summed E-state index contributed by atoms with van der Waals surface area (Å²) in [5.41, 5.74) is 16.5. The molecule has 1 unspecified atom stereocenters. The summed E-state index contributed by atoms with van der Waals surface area (Å²) in [7, 11) is 8.46. The van der Waals surface area contributed by atoms with Crippen molar-refractivity contribution in [2.75, 3.05) is 80.5 Å². The van der Waals surface area contributed by atoms with Gasteiger partial charge in [0.15, 0.2) is 0 Å². The van der Waals surface area contributed by atoms with Crippen LogP contribution in [0, 0.1) is 41.5 Å². The SMILES string of the molecule is CCN1C=CN(c2cc(C)cc(N3C=CN(CC)[C@@H]3C)c2C)[C@@H]1C.Cc1c(N2C=CN(C)[C@H]2C)cccc1N1C=CN(C)[C@@H]1C.Cc1cc(N2C=CN(C)[C@H]2C)c(C)c(N2C=CN(C)[C@@H]2C)c1.[2H]C([2H])([2H])C([2H])(C)N1C=CN(c2cccc(N3C=CN(C([2H])(C([2H])([2H])[2H])C([2H])([2H])[2H])[C@@H]3C)c2C)[C@@H]1C. The Labute approximate surface area is 571 Å². The molecule has 4 aromatic carbocycles. The van der Waals surface area contributed by atoms with Gasteiger partial charge in [-0.05, 0) is 220 Å². The van der Waals surface area contributed by atoms with Crippen LogP contribution in [0.15, 0.2) is 160 Å². The van der Waals surface area contributed by atoms with E-state index in [0.29, 0.717) is 42.7 Å². The first-order chi connectivity index (χ1) is 48.0. The fourth-order valence-corrected chi connectivity index (χ4v) is 13.4. The Hall–Kier alpha value is -8.40. The summed E-state index contributed by atoms with van der Waals surface area (Å²) in [5, 5.41) is 0. The van der Waals surface area contributed by atoms with Crippen LogP contribution in [0.5, 0.6) is 0 Å². The zero-order valence-corrected chi connectivity index (χ0v) is 58.7. The number of aryl methyl sites for hydroxylation is 2. The van der Waals surface area contributed by atoms with Crippen LogP contribution < -0.4 is 39.2 Å². The Morgan fingerprint density at radius 2 is 0.565 bits per heavy atom. The van der Waals surface area contributed by atoms with Crippen LogP contribution in [-0.2, 0) is 0 Å². The largest absolute Gasteiger partial charge is 0.359 e. The molecule has 0 bridgehead atoms. The molecule has 0 N–H and O–H groups in total. The standard InChI is InChI=1S/C21H32N4.C20H30N4.C18H26N4.C17H24N4/c1-15(2)22-11-13-24(18(22)6)20-9-8-10-21(17(20)5)25-14-12-23(16(3)4)19(25)7;1-7-21-9-11-23(17(21)5)19-13-15(3)14-20(16(19)4)24-12-10-22(8-2)18(24)6;1-13-11-17(21-9-7-19(5)15(21)3)14(2)18(12-13)22-10-8-20(6)16(22)4;1-13-16(20-11-9-18(4)14(20)2)7-6-8-17(13)21-12-10-19(5)15(21)3/h8-16,18-19H,1-7H3;9-14,17-18H,7-8H2,1-6H3;7-12,15-16H,1-6H3;6-12,14-15H,1-5H3/t18-,19+;17-,18+;15-,16+;14-,15+/i1D3,2D3,3D3,15D,16D;;;/t16?,18-,19+;;;/m0.../s1. The third-order valence-electron chi connectivity index (χ3n) is 20.0. The summed E-state index contributed by atoms with van der Waals surface area (Å²) in [6, 6.07) is 16.5. The number of benzene rings is 4. The second-order valence-electron chi connectivity index (χ2n) is 25.5. The highest BCUT2D eigenvalue weighted by atomic mass is 15.4. The van der Waals surface area contributed by atoms with Crippen molar-refractivity contribution in [1.82, 2.24) is 39.2 Å². The zero-order chi connectivity index (χ0) is 76.2. The van der Waals surface area contributed by atoms with Gasteiger partial charge in [-0.2, -0.15) is 0 Å². The van der Waals surface area contributed by atoms with E-state index in [9.17, 15) is 0 Å². The van der Waals surface area contributed by atoms with E-state index in [1.807, 2.05) is 17.9 Å². The molecule has 0 saturated carbocycles. The number of anilines is 8. The molecule has 0 aliphatic carbocycles. The van der Waals surface area contributed by atoms with Crippen LogP contribution >= 0.6 is 0 Å². The molecule has 12 rings (SSSR count). The fraction of sp³-hybridized carbons (Fsp3) is 0.474. The van der Waals surface area contributed by atoms with Crippen molar-refractivity contribution >= 4 is 45.5 Å². The van der Waals surface area contributed by atoms with E-state index in [2.05, 4.69) is 294 Å². The molecule has 4 aromatic rings. The molecular formula is C76H112N16. The monoisotopic (exact) mass is 1260 g/mol. The Kier molecular flexibility index (Phi) is 16.6. The second kappa shape index (κ2) is 28.2. The first-order valence-corrected chi connectivity index (χ1v) is 32.7. The maximum Gasteiger partial charge on any atom is 0.103 e. The predicted molar refractivity (Wildman–Crippen MR) is 393 cm³/mol. The predicted octanol–water partition coefficient (Wildman–Crippen LogP) is 15.5. The minimum Gasteiger partial charge on any atom is -0.359 e. The average molecular weight is 1260 g/mol. The smallest absolute Gasteiger partial charge is 0.103 e. The van der Waals surface area contributed by atoms with Gasteiger partial charge in [-0.1, -0.05) is 12.1 Å². The van der Waals surface area contributed by atoms with Crippen molar-refractivity contribution in [3.8, 4) is 0 Å². The van der Waals surface area contributed by atoms with Crippen molar-refractivity contribution in [1.29, 1.82) is 0 Å². The molecule has 0 saturated heterocycles. The lowest BCUT2D eigenvalue weighted by Gasteiger charge is -2.36. The maximum absolute atomic E-state index is 8.53. The van der Waals surface area contributed by atoms with Crippen molar-refractivity contribution in [2.24, 2.45) is 0 Å². The molecule has 92 heavy (non-hydrogen) atoms. The van der Waals surface area contributed by atoms with Crippen LogP contribution in [0.1, 0.15) is 145 Å². The molecule has 0 fully saturated rings. The topological polar surface area (TPSA) is 51.8 Å². The van der Waals surface area contributed by atoms with Gasteiger partial charge in [0.1, 0.15) is 49.3 Å². The lowest BCUT2D eigenvalue weighted by Crippen LogP contribution is -2.41. The third kappa shape index (κ3) is 13.3. The van der Waals surface area contributed by atoms with E-state index < -0.39 is 44.9 Å².